The normalized spacial score (nSPS) is 19.9. The highest BCUT2D eigenvalue weighted by Crippen LogP contribution is 2.40. The van der Waals surface area contributed by atoms with E-state index in [1.54, 1.807) is 6.07 Å². The summed E-state index contributed by atoms with van der Waals surface area (Å²) in [6.07, 6.45) is 2.35. The average molecular weight is 272 g/mol. The number of fused-ring (bicyclic) bond motifs is 1. The van der Waals surface area contributed by atoms with E-state index in [-0.39, 0.29) is 11.6 Å². The van der Waals surface area contributed by atoms with Crippen molar-refractivity contribution in [3.05, 3.63) is 54.1 Å². The van der Waals surface area contributed by atoms with E-state index in [9.17, 15) is 4.39 Å². The first kappa shape index (κ1) is 12.9. The monoisotopic (exact) mass is 272 g/mol. The number of rotatable bonds is 2. The molecule has 1 atom stereocenters. The van der Waals surface area contributed by atoms with Crippen LogP contribution in [0.5, 0.6) is 5.75 Å². The molecule has 1 aromatic carbocycles. The van der Waals surface area contributed by atoms with Crippen LogP contribution in [0.15, 0.2) is 42.6 Å². The highest BCUT2D eigenvalue weighted by atomic mass is 19.1. The number of ether oxygens (including phenoxy) is 1. The third kappa shape index (κ3) is 2.59. The third-order valence-corrected chi connectivity index (χ3v) is 3.44. The second-order valence-corrected chi connectivity index (χ2v) is 5.67. The molecular formula is C16H17FN2O. The minimum Gasteiger partial charge on any atom is -0.487 e. The molecule has 0 amide bonds. The highest BCUT2D eigenvalue weighted by Gasteiger charge is 2.33. The average Bonchev–Trinajstić information content (AvgIpc) is 2.40. The van der Waals surface area contributed by atoms with Crippen molar-refractivity contribution in [3.63, 3.8) is 0 Å². The Kier molecular flexibility index (Phi) is 3.08. The summed E-state index contributed by atoms with van der Waals surface area (Å²) in [6, 6.07) is 11.2. The van der Waals surface area contributed by atoms with Crippen LogP contribution in [-0.2, 0) is 0 Å². The van der Waals surface area contributed by atoms with E-state index in [0.29, 0.717) is 0 Å². The number of aromatic nitrogens is 1. The van der Waals surface area contributed by atoms with Crippen molar-refractivity contribution in [2.24, 2.45) is 0 Å². The smallest absolute Gasteiger partial charge is 0.212 e. The molecule has 0 aliphatic carbocycles. The van der Waals surface area contributed by atoms with E-state index in [1.165, 1.54) is 12.3 Å². The lowest BCUT2D eigenvalue weighted by molar-refractivity contribution is 0.0759. The van der Waals surface area contributed by atoms with Crippen LogP contribution in [0.3, 0.4) is 0 Å². The molecular weight excluding hydrogens is 255 g/mol. The van der Waals surface area contributed by atoms with Crippen molar-refractivity contribution < 1.29 is 9.13 Å². The van der Waals surface area contributed by atoms with Gasteiger partial charge >= 0.3 is 0 Å². The minimum absolute atomic E-state index is 0.127. The molecule has 3 rings (SSSR count). The fourth-order valence-electron chi connectivity index (χ4n) is 2.59. The number of halogens is 1. The standard InChI is InChI=1S/C16H17FN2O/c1-16(2)9-13(12-5-3-4-6-14(12)20-16)19-11-7-8-15(17)18-10-11/h3-8,10,13,19H,9H2,1-2H3. The van der Waals surface area contributed by atoms with Crippen molar-refractivity contribution >= 4 is 5.69 Å². The van der Waals surface area contributed by atoms with Crippen LogP contribution in [-0.4, -0.2) is 10.6 Å². The summed E-state index contributed by atoms with van der Waals surface area (Å²) in [5.74, 6) is 0.430. The number of hydrogen-bond donors (Lipinski definition) is 1. The van der Waals surface area contributed by atoms with Gasteiger partial charge in [-0.25, -0.2) is 4.98 Å². The van der Waals surface area contributed by atoms with Gasteiger partial charge in [0.05, 0.1) is 17.9 Å². The second kappa shape index (κ2) is 4.78. The van der Waals surface area contributed by atoms with E-state index in [4.69, 9.17) is 4.74 Å². The van der Waals surface area contributed by atoms with Crippen LogP contribution in [0.2, 0.25) is 0 Å². The summed E-state index contributed by atoms with van der Waals surface area (Å²) in [7, 11) is 0. The maximum atomic E-state index is 12.9. The molecule has 0 bridgehead atoms. The van der Waals surface area contributed by atoms with Crippen LogP contribution in [0.1, 0.15) is 31.9 Å². The lowest BCUT2D eigenvalue weighted by Crippen LogP contribution is -2.37. The molecule has 1 aromatic heterocycles. The van der Waals surface area contributed by atoms with E-state index in [1.807, 2.05) is 18.2 Å². The maximum absolute atomic E-state index is 12.9. The first-order chi connectivity index (χ1) is 9.53. The van der Waals surface area contributed by atoms with Gasteiger partial charge in [-0.3, -0.25) is 0 Å². The summed E-state index contributed by atoms with van der Waals surface area (Å²) in [5, 5.41) is 3.41. The molecule has 0 fully saturated rings. The zero-order chi connectivity index (χ0) is 14.2. The zero-order valence-electron chi connectivity index (χ0n) is 11.6. The molecule has 0 spiro atoms. The fraction of sp³-hybridized carbons (Fsp3) is 0.312. The Morgan fingerprint density at radius 3 is 2.80 bits per heavy atom. The van der Waals surface area contributed by atoms with E-state index in [2.05, 4.69) is 30.2 Å². The highest BCUT2D eigenvalue weighted by molar-refractivity contribution is 5.47. The van der Waals surface area contributed by atoms with Crippen molar-refractivity contribution in [1.29, 1.82) is 0 Å². The SMILES string of the molecule is CC1(C)CC(Nc2ccc(F)nc2)c2ccccc2O1. The summed E-state index contributed by atoms with van der Waals surface area (Å²) >= 11 is 0. The number of nitrogens with one attached hydrogen (secondary N) is 1. The maximum Gasteiger partial charge on any atom is 0.212 e. The van der Waals surface area contributed by atoms with Crippen LogP contribution in [0.25, 0.3) is 0 Å². The zero-order valence-corrected chi connectivity index (χ0v) is 11.6. The first-order valence-electron chi connectivity index (χ1n) is 6.69. The molecule has 1 N–H and O–H groups in total. The minimum atomic E-state index is -0.469. The van der Waals surface area contributed by atoms with Crippen molar-refractivity contribution in [2.45, 2.75) is 31.9 Å². The third-order valence-electron chi connectivity index (χ3n) is 3.44. The van der Waals surface area contributed by atoms with Gasteiger partial charge in [-0.1, -0.05) is 18.2 Å². The molecule has 20 heavy (non-hydrogen) atoms. The molecule has 1 unspecified atom stereocenters. The van der Waals surface area contributed by atoms with Gasteiger partial charge in [0.15, 0.2) is 0 Å². The molecule has 2 heterocycles. The van der Waals surface area contributed by atoms with Gasteiger partial charge in [0.2, 0.25) is 5.95 Å². The first-order valence-corrected chi connectivity index (χ1v) is 6.69. The molecule has 104 valence electrons. The van der Waals surface area contributed by atoms with Gasteiger partial charge < -0.3 is 10.1 Å². The molecule has 3 nitrogen and oxygen atoms in total. The topological polar surface area (TPSA) is 34.2 Å². The Labute approximate surface area is 117 Å². The Bertz CT molecular complexity index is 610. The summed E-state index contributed by atoms with van der Waals surface area (Å²) in [5.41, 5.74) is 1.69. The molecule has 2 aromatic rings. The number of pyridine rings is 1. The van der Waals surface area contributed by atoms with E-state index >= 15 is 0 Å². The van der Waals surface area contributed by atoms with Gasteiger partial charge in [-0.2, -0.15) is 4.39 Å². The predicted octanol–water partition coefficient (Wildman–Crippen LogP) is 3.94. The van der Waals surface area contributed by atoms with Crippen LogP contribution in [0, 0.1) is 5.95 Å². The number of anilines is 1. The van der Waals surface area contributed by atoms with Gasteiger partial charge in [0.25, 0.3) is 0 Å². The number of nitrogens with zero attached hydrogens (tertiary/aromatic N) is 1. The Balaban J connectivity index is 1.90. The van der Waals surface area contributed by atoms with Crippen LogP contribution < -0.4 is 10.1 Å². The quantitative estimate of drug-likeness (QED) is 0.841. The van der Waals surface area contributed by atoms with Gasteiger partial charge in [0, 0.05) is 12.0 Å². The molecule has 4 heteroatoms. The van der Waals surface area contributed by atoms with Gasteiger partial charge in [-0.15, -0.1) is 0 Å². The molecule has 0 radical (unpaired) electrons. The van der Waals surface area contributed by atoms with Crippen molar-refractivity contribution in [2.75, 3.05) is 5.32 Å². The second-order valence-electron chi connectivity index (χ2n) is 5.67. The lowest BCUT2D eigenvalue weighted by Gasteiger charge is -2.38. The summed E-state index contributed by atoms with van der Waals surface area (Å²) < 4.78 is 18.9. The van der Waals surface area contributed by atoms with E-state index < -0.39 is 5.95 Å². The summed E-state index contributed by atoms with van der Waals surface area (Å²) in [4.78, 5) is 3.68. The Morgan fingerprint density at radius 2 is 2.05 bits per heavy atom. The van der Waals surface area contributed by atoms with Crippen molar-refractivity contribution in [3.8, 4) is 5.75 Å². The number of hydrogen-bond acceptors (Lipinski definition) is 3. The molecule has 0 saturated carbocycles. The van der Waals surface area contributed by atoms with Crippen LogP contribution in [0.4, 0.5) is 10.1 Å². The van der Waals surface area contributed by atoms with Gasteiger partial charge in [0.1, 0.15) is 11.4 Å². The Morgan fingerprint density at radius 1 is 1.25 bits per heavy atom. The summed E-state index contributed by atoms with van der Waals surface area (Å²) in [6.45, 7) is 4.14. The largest absolute Gasteiger partial charge is 0.487 e. The molecule has 1 aliphatic rings. The molecule has 0 saturated heterocycles. The fourth-order valence-corrected chi connectivity index (χ4v) is 2.59. The lowest BCUT2D eigenvalue weighted by atomic mass is 9.89. The molecule has 1 aliphatic heterocycles. The van der Waals surface area contributed by atoms with E-state index in [0.717, 1.165) is 23.4 Å². The van der Waals surface area contributed by atoms with Crippen molar-refractivity contribution in [1.82, 2.24) is 4.98 Å². The number of benzene rings is 1. The van der Waals surface area contributed by atoms with Crippen LogP contribution >= 0.6 is 0 Å². The Hall–Kier alpha value is -2.10. The predicted molar refractivity (Wildman–Crippen MR) is 76.3 cm³/mol. The number of para-hydroxylation sites is 1. The van der Waals surface area contributed by atoms with Gasteiger partial charge in [-0.05, 0) is 32.0 Å².